The summed E-state index contributed by atoms with van der Waals surface area (Å²) in [6, 6.07) is 4.36. The maximum Gasteiger partial charge on any atom is 0.178 e. The molecule has 0 aromatic heterocycles. The van der Waals surface area contributed by atoms with Crippen molar-refractivity contribution in [2.45, 2.75) is 29.8 Å². The lowest BCUT2D eigenvalue weighted by molar-refractivity contribution is 0.434. The van der Waals surface area contributed by atoms with Crippen molar-refractivity contribution in [2.75, 3.05) is 17.3 Å². The Morgan fingerprint density at radius 3 is 2.89 bits per heavy atom. The number of benzene rings is 1. The van der Waals surface area contributed by atoms with Gasteiger partial charge in [-0.3, -0.25) is 0 Å². The Kier molecular flexibility index (Phi) is 3.57. The summed E-state index contributed by atoms with van der Waals surface area (Å²) in [4.78, 5) is 0.295. The summed E-state index contributed by atoms with van der Waals surface area (Å²) in [5, 5.41) is 3.49. The maximum atomic E-state index is 13.4. The van der Waals surface area contributed by atoms with Crippen LogP contribution in [0, 0.1) is 5.82 Å². The maximum absolute atomic E-state index is 13.4. The smallest absolute Gasteiger partial charge is 0.178 e. The molecule has 6 heteroatoms. The third-order valence-corrected chi connectivity index (χ3v) is 6.70. The molecular weight excluding hydrogens is 285 g/mol. The number of nitrogens with one attached hydrogen (secondary N) is 1. The highest BCUT2D eigenvalue weighted by molar-refractivity contribution is 7.99. The molecule has 1 N–H and O–H groups in total. The van der Waals surface area contributed by atoms with Crippen LogP contribution in [0.4, 0.5) is 4.39 Å². The van der Waals surface area contributed by atoms with E-state index in [1.54, 1.807) is 0 Å². The quantitative estimate of drug-likeness (QED) is 0.850. The molecule has 0 aliphatic carbocycles. The van der Waals surface area contributed by atoms with Crippen LogP contribution in [0.2, 0.25) is 0 Å². The number of hydrogen-bond donors (Lipinski definition) is 1. The summed E-state index contributed by atoms with van der Waals surface area (Å²) in [5.74, 6) is 1.96. The summed E-state index contributed by atoms with van der Waals surface area (Å²) in [7, 11) is -3.24. The van der Waals surface area contributed by atoms with Crippen LogP contribution in [-0.2, 0) is 9.84 Å². The Labute approximate surface area is 116 Å². The molecular formula is C13H16FNO2S2. The fraction of sp³-hybridized carbons (Fsp3) is 0.538. The van der Waals surface area contributed by atoms with Crippen LogP contribution in [0.3, 0.4) is 0 Å². The van der Waals surface area contributed by atoms with E-state index in [0.717, 1.165) is 17.9 Å². The van der Waals surface area contributed by atoms with Gasteiger partial charge in [-0.05, 0) is 42.4 Å². The highest BCUT2D eigenvalue weighted by Crippen LogP contribution is 2.34. The summed E-state index contributed by atoms with van der Waals surface area (Å²) >= 11 is 1.90. The lowest BCUT2D eigenvalue weighted by atomic mass is 10.0. The minimum atomic E-state index is -3.24. The van der Waals surface area contributed by atoms with Gasteiger partial charge in [-0.2, -0.15) is 11.8 Å². The molecule has 2 aliphatic rings. The molecule has 0 radical (unpaired) electrons. The zero-order chi connectivity index (χ0) is 13.5. The first kappa shape index (κ1) is 13.4. The number of halogens is 1. The fourth-order valence-electron chi connectivity index (χ4n) is 2.74. The molecule has 3 rings (SSSR count). The van der Waals surface area contributed by atoms with Crippen molar-refractivity contribution in [2.24, 2.45) is 0 Å². The van der Waals surface area contributed by atoms with Gasteiger partial charge < -0.3 is 5.32 Å². The first-order chi connectivity index (χ1) is 9.06. The van der Waals surface area contributed by atoms with Gasteiger partial charge in [0, 0.05) is 17.8 Å². The van der Waals surface area contributed by atoms with Crippen molar-refractivity contribution in [3.63, 3.8) is 0 Å². The second kappa shape index (κ2) is 5.07. The second-order valence-corrected chi connectivity index (χ2v) is 8.30. The van der Waals surface area contributed by atoms with Gasteiger partial charge in [-0.25, -0.2) is 12.8 Å². The van der Waals surface area contributed by atoms with Crippen LogP contribution in [0.15, 0.2) is 23.1 Å². The second-order valence-electron chi connectivity index (χ2n) is 5.07. The van der Waals surface area contributed by atoms with E-state index < -0.39 is 9.84 Å². The predicted octanol–water partition coefficient (Wildman–Crippen LogP) is 2.14. The lowest BCUT2D eigenvalue weighted by Crippen LogP contribution is -2.36. The van der Waals surface area contributed by atoms with Crippen LogP contribution < -0.4 is 5.32 Å². The molecule has 3 nitrogen and oxygen atoms in total. The van der Waals surface area contributed by atoms with E-state index in [2.05, 4.69) is 5.32 Å². The van der Waals surface area contributed by atoms with Gasteiger partial charge >= 0.3 is 0 Å². The van der Waals surface area contributed by atoms with Crippen LogP contribution in [0.25, 0.3) is 0 Å². The first-order valence-electron chi connectivity index (χ1n) is 6.42. The van der Waals surface area contributed by atoms with E-state index in [4.69, 9.17) is 0 Å². The molecule has 2 atom stereocenters. The molecule has 1 fully saturated rings. The number of sulfone groups is 1. The third kappa shape index (κ3) is 2.66. The van der Waals surface area contributed by atoms with Gasteiger partial charge in [0.05, 0.1) is 10.6 Å². The molecule has 0 saturated carbocycles. The average molecular weight is 301 g/mol. The van der Waals surface area contributed by atoms with Crippen LogP contribution in [0.5, 0.6) is 0 Å². The summed E-state index contributed by atoms with van der Waals surface area (Å²) in [5.41, 5.74) is 0.600. The van der Waals surface area contributed by atoms with E-state index in [9.17, 15) is 12.8 Å². The van der Waals surface area contributed by atoms with Gasteiger partial charge in [-0.15, -0.1) is 0 Å². The predicted molar refractivity (Wildman–Crippen MR) is 74.7 cm³/mol. The first-order valence-corrected chi connectivity index (χ1v) is 9.23. The molecule has 2 unspecified atom stereocenters. The Morgan fingerprint density at radius 1 is 1.32 bits per heavy atom. The Morgan fingerprint density at radius 2 is 2.16 bits per heavy atom. The topological polar surface area (TPSA) is 46.2 Å². The van der Waals surface area contributed by atoms with E-state index in [0.29, 0.717) is 22.9 Å². The Balaban J connectivity index is 1.93. The largest absolute Gasteiger partial charge is 0.306 e. The van der Waals surface area contributed by atoms with Gasteiger partial charge in [-0.1, -0.05) is 0 Å². The van der Waals surface area contributed by atoms with Crippen molar-refractivity contribution in [1.82, 2.24) is 5.32 Å². The molecule has 0 bridgehead atoms. The Bertz CT molecular complexity index is 582. The monoisotopic (exact) mass is 301 g/mol. The number of thioether (sulfide) groups is 1. The summed E-state index contributed by atoms with van der Waals surface area (Å²) in [6.07, 6.45) is 1.62. The molecule has 1 aromatic carbocycles. The van der Waals surface area contributed by atoms with Gasteiger partial charge in [0.25, 0.3) is 0 Å². The third-order valence-electron chi connectivity index (χ3n) is 3.72. The highest BCUT2D eigenvalue weighted by atomic mass is 32.2. The van der Waals surface area contributed by atoms with Crippen molar-refractivity contribution < 1.29 is 12.8 Å². The van der Waals surface area contributed by atoms with Crippen molar-refractivity contribution in [3.8, 4) is 0 Å². The number of fused-ring (bicyclic) bond motifs is 1. The highest BCUT2D eigenvalue weighted by Gasteiger charge is 2.32. The fourth-order valence-corrected chi connectivity index (χ4v) is 5.50. The zero-order valence-corrected chi connectivity index (χ0v) is 12.1. The normalized spacial score (nSPS) is 29.1. The lowest BCUT2D eigenvalue weighted by Gasteiger charge is -2.28. The Hall–Kier alpha value is -0.590. The van der Waals surface area contributed by atoms with Gasteiger partial charge in [0.15, 0.2) is 9.84 Å². The SMILES string of the molecule is O=S1(=O)CCC(NC2CCSC2)c2cc(F)ccc21. The number of hydrogen-bond acceptors (Lipinski definition) is 4. The average Bonchev–Trinajstić information content (AvgIpc) is 2.85. The molecule has 19 heavy (non-hydrogen) atoms. The van der Waals surface area contributed by atoms with Crippen molar-refractivity contribution in [1.29, 1.82) is 0 Å². The minimum absolute atomic E-state index is 0.0436. The van der Waals surface area contributed by atoms with E-state index in [1.165, 1.54) is 18.2 Å². The van der Waals surface area contributed by atoms with Crippen molar-refractivity contribution in [3.05, 3.63) is 29.6 Å². The van der Waals surface area contributed by atoms with E-state index in [1.807, 2.05) is 11.8 Å². The zero-order valence-electron chi connectivity index (χ0n) is 10.4. The van der Waals surface area contributed by atoms with Crippen molar-refractivity contribution >= 4 is 21.6 Å². The summed E-state index contributed by atoms with van der Waals surface area (Å²) in [6.45, 7) is 0. The standard InChI is InChI=1S/C13H16FNO2S2/c14-9-1-2-13-11(7-9)12(4-6-19(13,16)17)15-10-3-5-18-8-10/h1-2,7,10,12,15H,3-6,8H2. The van der Waals surface area contributed by atoms with E-state index >= 15 is 0 Å². The van der Waals surface area contributed by atoms with Crippen LogP contribution >= 0.6 is 11.8 Å². The molecule has 2 heterocycles. The molecule has 104 valence electrons. The number of rotatable bonds is 2. The molecule has 1 aromatic rings. The summed E-state index contributed by atoms with van der Waals surface area (Å²) < 4.78 is 37.4. The van der Waals surface area contributed by atoms with Crippen LogP contribution in [0.1, 0.15) is 24.4 Å². The molecule has 2 aliphatic heterocycles. The molecule has 0 spiro atoms. The molecule has 1 saturated heterocycles. The van der Waals surface area contributed by atoms with Gasteiger partial charge in [0.2, 0.25) is 0 Å². The van der Waals surface area contributed by atoms with Crippen LogP contribution in [-0.4, -0.2) is 31.7 Å². The van der Waals surface area contributed by atoms with E-state index in [-0.39, 0.29) is 17.6 Å². The van der Waals surface area contributed by atoms with Gasteiger partial charge in [0.1, 0.15) is 5.82 Å². The molecule has 0 amide bonds. The minimum Gasteiger partial charge on any atom is -0.306 e.